The summed E-state index contributed by atoms with van der Waals surface area (Å²) in [7, 11) is 0. The van der Waals surface area contributed by atoms with E-state index in [4.69, 9.17) is 22.8 Å². The van der Waals surface area contributed by atoms with Crippen LogP contribution in [0.5, 0.6) is 5.75 Å². The third kappa shape index (κ3) is 2.95. The van der Waals surface area contributed by atoms with Crippen LogP contribution in [-0.4, -0.2) is 18.3 Å². The van der Waals surface area contributed by atoms with Gasteiger partial charge < -0.3 is 9.57 Å². The average Bonchev–Trinajstić information content (AvgIpc) is 2.70. The van der Waals surface area contributed by atoms with Crippen LogP contribution < -0.4 is 4.74 Å². The minimum Gasteiger partial charge on any atom is -0.480 e. The highest BCUT2D eigenvalue weighted by Crippen LogP contribution is 2.26. The molecule has 0 unspecified atom stereocenters. The number of hydrogen-bond acceptors (Lipinski definition) is 4. The summed E-state index contributed by atoms with van der Waals surface area (Å²) in [4.78, 5) is 16.1. The minimum absolute atomic E-state index is 0.134. The second-order valence-corrected chi connectivity index (χ2v) is 4.22. The number of halogens is 1. The van der Waals surface area contributed by atoms with E-state index in [0.717, 1.165) is 0 Å². The molecule has 5 heteroatoms. The van der Waals surface area contributed by atoms with E-state index in [0.29, 0.717) is 27.6 Å². The standard InChI is InChI=1S/C14H10ClNO3/c1-3-6-18-13-5-4-11(15)7-10(13)8-12-9(2)16-19-14(12)17/h1,4-5,7-8H,6H2,2H3/b12-8+. The smallest absolute Gasteiger partial charge is 0.367 e. The Morgan fingerprint density at radius 3 is 3.00 bits per heavy atom. The Morgan fingerprint density at radius 2 is 2.37 bits per heavy atom. The van der Waals surface area contributed by atoms with Gasteiger partial charge in [-0.3, -0.25) is 0 Å². The molecule has 0 saturated carbocycles. The molecule has 0 fully saturated rings. The van der Waals surface area contributed by atoms with Crippen LogP contribution in [0.2, 0.25) is 5.02 Å². The van der Waals surface area contributed by atoms with E-state index >= 15 is 0 Å². The zero-order valence-electron chi connectivity index (χ0n) is 10.1. The number of hydrogen-bond donors (Lipinski definition) is 0. The highest BCUT2D eigenvalue weighted by atomic mass is 35.5. The molecular weight excluding hydrogens is 266 g/mol. The zero-order chi connectivity index (χ0) is 13.8. The summed E-state index contributed by atoms with van der Waals surface area (Å²) in [5.41, 5.74) is 1.52. The van der Waals surface area contributed by atoms with Gasteiger partial charge in [-0.1, -0.05) is 22.7 Å². The molecule has 19 heavy (non-hydrogen) atoms. The third-order valence-electron chi connectivity index (χ3n) is 2.46. The maximum absolute atomic E-state index is 11.5. The summed E-state index contributed by atoms with van der Waals surface area (Å²) in [6.07, 6.45) is 6.77. The summed E-state index contributed by atoms with van der Waals surface area (Å²) >= 11 is 5.94. The number of nitrogens with zero attached hydrogens (tertiary/aromatic N) is 1. The van der Waals surface area contributed by atoms with Crippen molar-refractivity contribution >= 4 is 29.4 Å². The molecule has 2 rings (SSSR count). The van der Waals surface area contributed by atoms with Crippen molar-refractivity contribution in [3.05, 3.63) is 34.4 Å². The van der Waals surface area contributed by atoms with Gasteiger partial charge in [-0.2, -0.15) is 0 Å². The lowest BCUT2D eigenvalue weighted by atomic mass is 10.1. The van der Waals surface area contributed by atoms with E-state index in [1.807, 2.05) is 0 Å². The molecule has 0 N–H and O–H groups in total. The number of benzene rings is 1. The van der Waals surface area contributed by atoms with Gasteiger partial charge in [0.25, 0.3) is 0 Å². The van der Waals surface area contributed by atoms with Crippen LogP contribution in [0.1, 0.15) is 12.5 Å². The maximum atomic E-state index is 11.5. The molecule has 0 aliphatic carbocycles. The monoisotopic (exact) mass is 275 g/mol. The van der Waals surface area contributed by atoms with Crippen molar-refractivity contribution in [2.45, 2.75) is 6.92 Å². The first-order valence-corrected chi connectivity index (χ1v) is 5.83. The summed E-state index contributed by atoms with van der Waals surface area (Å²) < 4.78 is 5.39. The van der Waals surface area contributed by atoms with E-state index in [1.54, 1.807) is 31.2 Å². The summed E-state index contributed by atoms with van der Waals surface area (Å²) in [6, 6.07) is 5.06. The Balaban J connectivity index is 2.41. The summed E-state index contributed by atoms with van der Waals surface area (Å²) in [5.74, 6) is 2.42. The third-order valence-corrected chi connectivity index (χ3v) is 2.69. The van der Waals surface area contributed by atoms with Gasteiger partial charge in [0.15, 0.2) is 0 Å². The van der Waals surface area contributed by atoms with Crippen molar-refractivity contribution in [2.24, 2.45) is 5.16 Å². The molecule has 0 spiro atoms. The highest BCUT2D eigenvalue weighted by Gasteiger charge is 2.22. The fourth-order valence-electron chi connectivity index (χ4n) is 1.56. The van der Waals surface area contributed by atoms with Crippen molar-refractivity contribution in [3.8, 4) is 18.1 Å². The molecule has 0 atom stereocenters. The first-order chi connectivity index (χ1) is 9.11. The van der Waals surface area contributed by atoms with Crippen LogP contribution in [0.15, 0.2) is 28.9 Å². The quantitative estimate of drug-likeness (QED) is 0.484. The van der Waals surface area contributed by atoms with Gasteiger partial charge in [0, 0.05) is 10.6 Å². The molecule has 96 valence electrons. The summed E-state index contributed by atoms with van der Waals surface area (Å²) in [5, 5.41) is 4.13. The Labute approximate surface area is 115 Å². The molecule has 1 aromatic rings. The maximum Gasteiger partial charge on any atom is 0.367 e. The highest BCUT2D eigenvalue weighted by molar-refractivity contribution is 6.31. The van der Waals surface area contributed by atoms with Crippen molar-refractivity contribution in [3.63, 3.8) is 0 Å². The van der Waals surface area contributed by atoms with E-state index in [9.17, 15) is 4.79 Å². The molecule has 1 aliphatic heterocycles. The fraction of sp³-hybridized carbons (Fsp3) is 0.143. The number of carbonyl (C=O) groups excluding carboxylic acids is 1. The van der Waals surface area contributed by atoms with Gasteiger partial charge in [0.2, 0.25) is 0 Å². The predicted octanol–water partition coefficient (Wildman–Crippen LogP) is 2.67. The van der Waals surface area contributed by atoms with Gasteiger partial charge in [-0.15, -0.1) is 6.42 Å². The van der Waals surface area contributed by atoms with E-state index in [-0.39, 0.29) is 6.61 Å². The lowest BCUT2D eigenvalue weighted by molar-refractivity contribution is -0.136. The minimum atomic E-state index is -0.500. The Bertz CT molecular complexity index is 626. The first-order valence-electron chi connectivity index (χ1n) is 5.45. The van der Waals surface area contributed by atoms with E-state index in [2.05, 4.69) is 15.9 Å². The number of carbonyl (C=O) groups is 1. The number of ether oxygens (including phenoxy) is 1. The average molecular weight is 276 g/mol. The van der Waals surface area contributed by atoms with Crippen molar-refractivity contribution < 1.29 is 14.4 Å². The number of rotatable bonds is 3. The summed E-state index contributed by atoms with van der Waals surface area (Å²) in [6.45, 7) is 1.82. The molecule has 0 amide bonds. The van der Waals surface area contributed by atoms with E-state index < -0.39 is 5.97 Å². The van der Waals surface area contributed by atoms with Gasteiger partial charge in [-0.25, -0.2) is 4.79 Å². The largest absolute Gasteiger partial charge is 0.480 e. The molecule has 0 bridgehead atoms. The lowest BCUT2D eigenvalue weighted by Crippen LogP contribution is -2.02. The molecule has 0 aromatic heterocycles. The molecule has 1 aromatic carbocycles. The topological polar surface area (TPSA) is 47.9 Å². The van der Waals surface area contributed by atoms with Gasteiger partial charge in [0.1, 0.15) is 12.4 Å². The Hall–Kier alpha value is -2.25. The molecule has 1 aliphatic rings. The molecule has 4 nitrogen and oxygen atoms in total. The SMILES string of the molecule is C#CCOc1ccc(Cl)cc1/C=C1/C(=O)ON=C1C. The van der Waals surface area contributed by atoms with Crippen LogP contribution >= 0.6 is 11.6 Å². The predicted molar refractivity (Wildman–Crippen MR) is 73.0 cm³/mol. The second kappa shape index (κ2) is 5.59. The molecular formula is C14H10ClNO3. The van der Waals surface area contributed by atoms with Crippen LogP contribution in [0.4, 0.5) is 0 Å². The van der Waals surface area contributed by atoms with Gasteiger partial charge >= 0.3 is 5.97 Å². The number of oxime groups is 1. The number of terminal acetylenes is 1. The van der Waals surface area contributed by atoms with E-state index in [1.165, 1.54) is 0 Å². The normalized spacial score (nSPS) is 15.9. The van der Waals surface area contributed by atoms with Crippen LogP contribution in [0.25, 0.3) is 6.08 Å². The van der Waals surface area contributed by atoms with Crippen LogP contribution in [-0.2, 0) is 9.63 Å². The van der Waals surface area contributed by atoms with Gasteiger partial charge in [-0.05, 0) is 31.2 Å². The molecule has 0 radical (unpaired) electrons. The van der Waals surface area contributed by atoms with Crippen molar-refractivity contribution in [1.29, 1.82) is 0 Å². The van der Waals surface area contributed by atoms with Gasteiger partial charge in [0.05, 0.1) is 11.3 Å². The molecule has 0 saturated heterocycles. The Kier molecular flexibility index (Phi) is 3.88. The zero-order valence-corrected chi connectivity index (χ0v) is 10.9. The fourth-order valence-corrected chi connectivity index (χ4v) is 1.74. The lowest BCUT2D eigenvalue weighted by Gasteiger charge is -2.07. The van der Waals surface area contributed by atoms with Crippen LogP contribution in [0.3, 0.4) is 0 Å². The second-order valence-electron chi connectivity index (χ2n) is 3.79. The van der Waals surface area contributed by atoms with Crippen LogP contribution in [0, 0.1) is 12.3 Å². The first kappa shape index (κ1) is 13.2. The Morgan fingerprint density at radius 1 is 1.58 bits per heavy atom. The van der Waals surface area contributed by atoms with Crippen molar-refractivity contribution in [1.82, 2.24) is 0 Å². The molecule has 1 heterocycles. The van der Waals surface area contributed by atoms with Crippen molar-refractivity contribution in [2.75, 3.05) is 6.61 Å².